The van der Waals surface area contributed by atoms with Crippen molar-refractivity contribution in [3.05, 3.63) is 11.6 Å². The standard InChI is InChI=1S/C11H18N4O3S2/c1-3-4-8(7-18-2)14-20(16,17)10-9(12)13-11-15(10)5-6-19-11/h5-6,8,14H,3-4,7,12H2,1-2H3. The number of anilines is 1. The van der Waals surface area contributed by atoms with Gasteiger partial charge in [-0.25, -0.2) is 18.1 Å². The van der Waals surface area contributed by atoms with Gasteiger partial charge in [0.25, 0.3) is 10.0 Å². The Hall–Kier alpha value is -1.16. The number of ether oxygens (including phenoxy) is 1. The van der Waals surface area contributed by atoms with Crippen LogP contribution < -0.4 is 10.5 Å². The Labute approximate surface area is 121 Å². The minimum absolute atomic E-state index is 0.00837. The molecule has 0 aromatic carbocycles. The van der Waals surface area contributed by atoms with Crippen LogP contribution in [0.5, 0.6) is 0 Å². The van der Waals surface area contributed by atoms with E-state index >= 15 is 0 Å². The molecule has 0 saturated heterocycles. The van der Waals surface area contributed by atoms with Gasteiger partial charge in [-0.1, -0.05) is 13.3 Å². The fraction of sp³-hybridized carbons (Fsp3) is 0.545. The minimum atomic E-state index is -3.74. The fourth-order valence-corrected chi connectivity index (χ4v) is 4.29. The normalized spacial score (nSPS) is 13.9. The van der Waals surface area contributed by atoms with Crippen molar-refractivity contribution in [2.24, 2.45) is 0 Å². The maximum atomic E-state index is 12.5. The van der Waals surface area contributed by atoms with Crippen molar-refractivity contribution >= 4 is 32.1 Å². The van der Waals surface area contributed by atoms with Crippen LogP contribution >= 0.6 is 11.3 Å². The van der Waals surface area contributed by atoms with Crippen LogP contribution in [0, 0.1) is 0 Å². The molecule has 7 nitrogen and oxygen atoms in total. The van der Waals surface area contributed by atoms with E-state index in [-0.39, 0.29) is 16.9 Å². The van der Waals surface area contributed by atoms with E-state index in [1.807, 2.05) is 6.92 Å². The number of methoxy groups -OCH3 is 1. The number of rotatable bonds is 7. The zero-order valence-corrected chi connectivity index (χ0v) is 13.0. The summed E-state index contributed by atoms with van der Waals surface area (Å²) >= 11 is 1.33. The maximum Gasteiger partial charge on any atom is 0.260 e. The highest BCUT2D eigenvalue weighted by Crippen LogP contribution is 2.23. The molecule has 0 radical (unpaired) electrons. The van der Waals surface area contributed by atoms with Gasteiger partial charge in [-0.05, 0) is 6.42 Å². The molecular weight excluding hydrogens is 300 g/mol. The lowest BCUT2D eigenvalue weighted by atomic mass is 10.2. The summed E-state index contributed by atoms with van der Waals surface area (Å²) in [5, 5.41) is 1.75. The van der Waals surface area contributed by atoms with Crippen LogP contribution in [0.25, 0.3) is 4.96 Å². The Morgan fingerprint density at radius 2 is 2.35 bits per heavy atom. The maximum absolute atomic E-state index is 12.5. The number of imidazole rings is 1. The van der Waals surface area contributed by atoms with Crippen molar-refractivity contribution in [2.75, 3.05) is 19.5 Å². The number of sulfonamides is 1. The lowest BCUT2D eigenvalue weighted by Gasteiger charge is -2.17. The molecule has 0 aliphatic rings. The van der Waals surface area contributed by atoms with Crippen LogP contribution in [0.2, 0.25) is 0 Å². The predicted molar refractivity (Wildman–Crippen MR) is 78.4 cm³/mol. The largest absolute Gasteiger partial charge is 0.383 e. The first-order valence-electron chi connectivity index (χ1n) is 6.22. The van der Waals surface area contributed by atoms with E-state index in [1.54, 1.807) is 18.7 Å². The molecule has 0 aliphatic heterocycles. The molecule has 0 bridgehead atoms. The van der Waals surface area contributed by atoms with E-state index in [4.69, 9.17) is 10.5 Å². The first-order valence-corrected chi connectivity index (χ1v) is 8.58. The third kappa shape index (κ3) is 2.95. The number of hydrogen-bond donors (Lipinski definition) is 2. The molecule has 20 heavy (non-hydrogen) atoms. The quantitative estimate of drug-likeness (QED) is 0.795. The highest BCUT2D eigenvalue weighted by atomic mass is 32.2. The topological polar surface area (TPSA) is 98.7 Å². The summed E-state index contributed by atoms with van der Waals surface area (Å²) in [6.45, 7) is 2.31. The molecule has 1 atom stereocenters. The van der Waals surface area contributed by atoms with Crippen LogP contribution in [-0.4, -0.2) is 37.6 Å². The summed E-state index contributed by atoms with van der Waals surface area (Å²) in [7, 11) is -2.19. The molecule has 0 spiro atoms. The van der Waals surface area contributed by atoms with Gasteiger partial charge in [-0.15, -0.1) is 11.3 Å². The van der Waals surface area contributed by atoms with E-state index in [2.05, 4.69) is 9.71 Å². The van der Waals surface area contributed by atoms with Crippen molar-refractivity contribution in [3.63, 3.8) is 0 Å². The number of hydrogen-bond acceptors (Lipinski definition) is 6. The number of nitrogens with one attached hydrogen (secondary N) is 1. The molecule has 1 unspecified atom stereocenters. The zero-order chi connectivity index (χ0) is 14.8. The molecular formula is C11H18N4O3S2. The molecule has 2 aromatic rings. The lowest BCUT2D eigenvalue weighted by Crippen LogP contribution is -2.38. The van der Waals surface area contributed by atoms with Gasteiger partial charge in [-0.2, -0.15) is 0 Å². The van der Waals surface area contributed by atoms with E-state index in [1.165, 1.54) is 15.7 Å². The van der Waals surface area contributed by atoms with Crippen LogP contribution in [0.3, 0.4) is 0 Å². The number of fused-ring (bicyclic) bond motifs is 1. The van der Waals surface area contributed by atoms with E-state index in [0.29, 0.717) is 18.0 Å². The van der Waals surface area contributed by atoms with E-state index in [9.17, 15) is 8.42 Å². The molecule has 2 aromatic heterocycles. The number of nitrogens with zero attached hydrogens (tertiary/aromatic N) is 2. The van der Waals surface area contributed by atoms with Crippen LogP contribution in [0.1, 0.15) is 19.8 Å². The van der Waals surface area contributed by atoms with Gasteiger partial charge in [0.05, 0.1) is 6.61 Å². The Bertz CT molecular complexity index is 671. The summed E-state index contributed by atoms with van der Waals surface area (Å²) in [4.78, 5) is 4.60. The minimum Gasteiger partial charge on any atom is -0.383 e. The van der Waals surface area contributed by atoms with Crippen molar-refractivity contribution in [1.29, 1.82) is 0 Å². The van der Waals surface area contributed by atoms with E-state index in [0.717, 1.165) is 6.42 Å². The van der Waals surface area contributed by atoms with Crippen LogP contribution in [-0.2, 0) is 14.8 Å². The Balaban J connectivity index is 2.34. The Morgan fingerprint density at radius 3 is 3.00 bits per heavy atom. The Morgan fingerprint density at radius 1 is 1.60 bits per heavy atom. The smallest absolute Gasteiger partial charge is 0.260 e. The molecule has 0 fully saturated rings. The summed E-state index contributed by atoms with van der Waals surface area (Å²) in [5.41, 5.74) is 5.73. The molecule has 2 rings (SSSR count). The second kappa shape index (κ2) is 6.08. The number of aromatic nitrogens is 2. The molecule has 0 aliphatic carbocycles. The summed E-state index contributed by atoms with van der Waals surface area (Å²) in [5.74, 6) is 0.0111. The number of nitrogen functional groups attached to an aromatic ring is 1. The fourth-order valence-electron chi connectivity index (χ4n) is 2.05. The van der Waals surface area contributed by atoms with Gasteiger partial charge in [0.2, 0.25) is 0 Å². The van der Waals surface area contributed by atoms with Crippen molar-refractivity contribution in [2.45, 2.75) is 30.8 Å². The predicted octanol–water partition coefficient (Wildman–Crippen LogP) is 1.07. The Kier molecular flexibility index (Phi) is 4.63. The second-order valence-corrected chi connectivity index (χ2v) is 6.92. The highest BCUT2D eigenvalue weighted by Gasteiger charge is 2.27. The van der Waals surface area contributed by atoms with Gasteiger partial charge in [-0.3, -0.25) is 4.40 Å². The molecule has 2 heterocycles. The third-order valence-electron chi connectivity index (χ3n) is 2.82. The summed E-state index contributed by atoms with van der Waals surface area (Å²) < 4.78 is 34.1. The highest BCUT2D eigenvalue weighted by molar-refractivity contribution is 7.89. The van der Waals surface area contributed by atoms with Crippen LogP contribution in [0.15, 0.2) is 16.6 Å². The molecule has 3 N–H and O–H groups in total. The lowest BCUT2D eigenvalue weighted by molar-refractivity contribution is 0.171. The van der Waals surface area contributed by atoms with Crippen LogP contribution in [0.4, 0.5) is 5.82 Å². The van der Waals surface area contributed by atoms with Gasteiger partial charge < -0.3 is 10.5 Å². The third-order valence-corrected chi connectivity index (χ3v) is 5.14. The van der Waals surface area contributed by atoms with Crippen molar-refractivity contribution < 1.29 is 13.2 Å². The SMILES string of the molecule is CCCC(COC)NS(=O)(=O)c1c(N)nc2sccn12. The van der Waals surface area contributed by atoms with E-state index < -0.39 is 10.0 Å². The molecule has 112 valence electrons. The van der Waals surface area contributed by atoms with Gasteiger partial charge in [0, 0.05) is 24.7 Å². The average molecular weight is 318 g/mol. The molecule has 0 saturated carbocycles. The van der Waals surface area contributed by atoms with Crippen molar-refractivity contribution in [1.82, 2.24) is 14.1 Å². The summed E-state index contributed by atoms with van der Waals surface area (Å²) in [6, 6.07) is -0.279. The second-order valence-electron chi connectivity index (χ2n) is 4.42. The van der Waals surface area contributed by atoms with Crippen molar-refractivity contribution in [3.8, 4) is 0 Å². The zero-order valence-electron chi connectivity index (χ0n) is 11.4. The first kappa shape index (κ1) is 15.2. The summed E-state index contributed by atoms with van der Waals surface area (Å²) in [6.07, 6.45) is 3.19. The van der Waals surface area contributed by atoms with Gasteiger partial charge >= 0.3 is 0 Å². The molecule has 0 amide bonds. The average Bonchev–Trinajstić information content (AvgIpc) is 2.88. The molecule has 9 heteroatoms. The number of nitrogens with two attached hydrogens (primary N) is 1. The van der Waals surface area contributed by atoms with Gasteiger partial charge in [0.1, 0.15) is 0 Å². The monoisotopic (exact) mass is 318 g/mol. The van der Waals surface area contributed by atoms with Gasteiger partial charge in [0.15, 0.2) is 15.8 Å². The number of thiazole rings is 1. The first-order chi connectivity index (χ1) is 9.49.